The number of halogens is 2. The fourth-order valence-corrected chi connectivity index (χ4v) is 2.63. The van der Waals surface area contributed by atoms with Crippen LogP contribution in [0, 0.1) is 0 Å². The maximum Gasteiger partial charge on any atom is 0.238 e. The van der Waals surface area contributed by atoms with Gasteiger partial charge in [-0.15, -0.1) is 5.10 Å². The Hall–Kier alpha value is -2.21. The molecular weight excluding hydrogens is 361 g/mol. The average molecular weight is 378 g/mol. The molecule has 0 atom stereocenters. The minimum absolute atomic E-state index is 0.474. The lowest BCUT2D eigenvalue weighted by Crippen LogP contribution is -2.07. The highest BCUT2D eigenvalue weighted by atomic mass is 35.5. The van der Waals surface area contributed by atoms with Crippen LogP contribution >= 0.6 is 23.2 Å². The number of aromatic nitrogens is 2. The fraction of sp³-hybridized carbons (Fsp3) is 0.167. The van der Waals surface area contributed by atoms with Crippen LogP contribution in [-0.2, 0) is 11.3 Å². The summed E-state index contributed by atoms with van der Waals surface area (Å²) < 4.78 is 12.8. The molecule has 1 aromatic heterocycles. The summed E-state index contributed by atoms with van der Waals surface area (Å²) in [7, 11) is 1.65. The summed E-state index contributed by atoms with van der Waals surface area (Å²) in [6.07, 6.45) is 0. The van der Waals surface area contributed by atoms with E-state index in [1.807, 2.05) is 16.8 Å². The number of nitrogens with zero attached hydrogens (tertiary/aromatic N) is 2. The number of anilines is 1. The summed E-state index contributed by atoms with van der Waals surface area (Å²) in [6.45, 7) is 1.11. The van der Waals surface area contributed by atoms with Gasteiger partial charge in [-0.25, -0.2) is 0 Å². The minimum Gasteiger partial charge on any atom is -0.438 e. The SMILES string of the molecule is COCCn1nc(Oc2ccc(N)cc2)cc1-c1ccc(Cl)c(Cl)c1. The van der Waals surface area contributed by atoms with E-state index in [2.05, 4.69) is 5.10 Å². The summed E-state index contributed by atoms with van der Waals surface area (Å²) >= 11 is 12.1. The molecule has 0 saturated carbocycles. The van der Waals surface area contributed by atoms with E-state index < -0.39 is 0 Å². The maximum absolute atomic E-state index is 6.14. The Morgan fingerprint density at radius 1 is 1.04 bits per heavy atom. The molecule has 0 unspecified atom stereocenters. The number of hydrogen-bond acceptors (Lipinski definition) is 4. The molecular formula is C18H17Cl2N3O2. The summed E-state index contributed by atoms with van der Waals surface area (Å²) in [5.74, 6) is 1.13. The van der Waals surface area contributed by atoms with Crippen LogP contribution in [0.5, 0.6) is 11.6 Å². The van der Waals surface area contributed by atoms with Crippen molar-refractivity contribution in [2.45, 2.75) is 6.54 Å². The zero-order chi connectivity index (χ0) is 17.8. The molecule has 3 aromatic rings. The zero-order valence-electron chi connectivity index (χ0n) is 13.6. The molecule has 0 saturated heterocycles. The van der Waals surface area contributed by atoms with Gasteiger partial charge < -0.3 is 15.2 Å². The van der Waals surface area contributed by atoms with Crippen LogP contribution < -0.4 is 10.5 Å². The highest BCUT2D eigenvalue weighted by Gasteiger charge is 2.13. The van der Waals surface area contributed by atoms with Crippen molar-refractivity contribution in [3.05, 3.63) is 58.6 Å². The van der Waals surface area contributed by atoms with Crippen LogP contribution in [0.25, 0.3) is 11.3 Å². The molecule has 0 fully saturated rings. The molecule has 0 aliphatic carbocycles. The number of benzene rings is 2. The largest absolute Gasteiger partial charge is 0.438 e. The van der Waals surface area contributed by atoms with Crippen LogP contribution in [0.1, 0.15) is 0 Å². The van der Waals surface area contributed by atoms with Crippen molar-refractivity contribution < 1.29 is 9.47 Å². The van der Waals surface area contributed by atoms with E-state index in [0.717, 1.165) is 11.3 Å². The summed E-state index contributed by atoms with van der Waals surface area (Å²) in [5, 5.41) is 5.49. The van der Waals surface area contributed by atoms with E-state index in [9.17, 15) is 0 Å². The van der Waals surface area contributed by atoms with Crippen molar-refractivity contribution in [2.75, 3.05) is 19.5 Å². The monoisotopic (exact) mass is 377 g/mol. The Morgan fingerprint density at radius 2 is 1.80 bits per heavy atom. The van der Waals surface area contributed by atoms with Gasteiger partial charge in [0.25, 0.3) is 0 Å². The minimum atomic E-state index is 0.474. The first-order valence-electron chi connectivity index (χ1n) is 7.62. The molecule has 130 valence electrons. The molecule has 1 heterocycles. The summed E-state index contributed by atoms with van der Waals surface area (Å²) in [5.41, 5.74) is 8.12. The number of rotatable bonds is 6. The third-order valence-corrected chi connectivity index (χ3v) is 4.32. The van der Waals surface area contributed by atoms with Crippen molar-refractivity contribution in [1.82, 2.24) is 9.78 Å². The Balaban J connectivity index is 1.93. The maximum atomic E-state index is 6.14. The lowest BCUT2D eigenvalue weighted by atomic mass is 10.1. The first-order chi connectivity index (χ1) is 12.1. The highest BCUT2D eigenvalue weighted by molar-refractivity contribution is 6.42. The van der Waals surface area contributed by atoms with Crippen molar-refractivity contribution in [2.24, 2.45) is 0 Å². The number of nitrogen functional groups attached to an aromatic ring is 1. The van der Waals surface area contributed by atoms with E-state index in [4.69, 9.17) is 38.4 Å². The Kier molecular flexibility index (Phi) is 5.48. The second-order valence-electron chi connectivity index (χ2n) is 5.38. The molecule has 5 nitrogen and oxygen atoms in total. The van der Waals surface area contributed by atoms with Crippen LogP contribution in [0.3, 0.4) is 0 Å². The third-order valence-electron chi connectivity index (χ3n) is 3.58. The van der Waals surface area contributed by atoms with Gasteiger partial charge in [0.2, 0.25) is 5.88 Å². The van der Waals surface area contributed by atoms with Gasteiger partial charge in [-0.3, -0.25) is 4.68 Å². The van der Waals surface area contributed by atoms with E-state index in [-0.39, 0.29) is 0 Å². The molecule has 2 N–H and O–H groups in total. The summed E-state index contributed by atoms with van der Waals surface area (Å²) in [6, 6.07) is 14.4. The molecule has 2 aromatic carbocycles. The number of methoxy groups -OCH3 is 1. The smallest absolute Gasteiger partial charge is 0.238 e. The van der Waals surface area contributed by atoms with E-state index in [0.29, 0.717) is 40.5 Å². The van der Waals surface area contributed by atoms with Crippen molar-refractivity contribution >= 4 is 28.9 Å². The van der Waals surface area contributed by atoms with Crippen molar-refractivity contribution in [3.63, 3.8) is 0 Å². The number of ether oxygens (including phenoxy) is 2. The van der Waals surface area contributed by atoms with Crippen molar-refractivity contribution in [1.29, 1.82) is 0 Å². The lowest BCUT2D eigenvalue weighted by molar-refractivity contribution is 0.183. The fourth-order valence-electron chi connectivity index (χ4n) is 2.34. The second-order valence-corrected chi connectivity index (χ2v) is 6.20. The zero-order valence-corrected chi connectivity index (χ0v) is 15.1. The Morgan fingerprint density at radius 3 is 2.48 bits per heavy atom. The third kappa shape index (κ3) is 4.25. The second kappa shape index (κ2) is 7.78. The molecule has 25 heavy (non-hydrogen) atoms. The summed E-state index contributed by atoms with van der Waals surface area (Å²) in [4.78, 5) is 0. The molecule has 0 aliphatic rings. The quantitative estimate of drug-likeness (QED) is 0.621. The molecule has 3 rings (SSSR count). The van der Waals surface area contributed by atoms with Gasteiger partial charge in [0.15, 0.2) is 0 Å². The molecule has 0 bridgehead atoms. The number of hydrogen-bond donors (Lipinski definition) is 1. The Labute approximate surface area is 155 Å². The molecule has 0 spiro atoms. The van der Waals surface area contributed by atoms with Crippen LogP contribution in [0.4, 0.5) is 5.69 Å². The van der Waals surface area contributed by atoms with Gasteiger partial charge in [-0.1, -0.05) is 29.3 Å². The first kappa shape index (κ1) is 17.6. The van der Waals surface area contributed by atoms with Gasteiger partial charge in [0, 0.05) is 24.4 Å². The standard InChI is InChI=1S/C18H17Cl2N3O2/c1-24-9-8-23-17(12-2-7-15(19)16(20)10-12)11-18(22-23)25-14-5-3-13(21)4-6-14/h2-7,10-11H,8-9,21H2,1H3. The van der Waals surface area contributed by atoms with Crippen LogP contribution in [-0.4, -0.2) is 23.5 Å². The van der Waals surface area contributed by atoms with Crippen molar-refractivity contribution in [3.8, 4) is 22.9 Å². The molecule has 0 aliphatic heterocycles. The van der Waals surface area contributed by atoms with Gasteiger partial charge in [0.1, 0.15) is 5.75 Å². The highest BCUT2D eigenvalue weighted by Crippen LogP contribution is 2.31. The van der Waals surface area contributed by atoms with Crippen LogP contribution in [0.2, 0.25) is 10.0 Å². The lowest BCUT2D eigenvalue weighted by Gasteiger charge is -2.07. The van der Waals surface area contributed by atoms with E-state index >= 15 is 0 Å². The molecule has 0 amide bonds. The first-order valence-corrected chi connectivity index (χ1v) is 8.38. The predicted molar refractivity (Wildman–Crippen MR) is 100 cm³/mol. The van der Waals surface area contributed by atoms with E-state index in [1.165, 1.54) is 0 Å². The van der Waals surface area contributed by atoms with Gasteiger partial charge >= 0.3 is 0 Å². The van der Waals surface area contributed by atoms with Gasteiger partial charge in [0.05, 0.1) is 28.9 Å². The average Bonchev–Trinajstić information content (AvgIpc) is 3.00. The van der Waals surface area contributed by atoms with E-state index in [1.54, 1.807) is 43.5 Å². The number of nitrogens with two attached hydrogens (primary N) is 1. The molecule has 7 heteroatoms. The topological polar surface area (TPSA) is 62.3 Å². The predicted octanol–water partition coefficient (Wildman–Crippen LogP) is 4.88. The van der Waals surface area contributed by atoms with Crippen LogP contribution in [0.15, 0.2) is 48.5 Å². The Bertz CT molecular complexity index is 863. The van der Waals surface area contributed by atoms with Gasteiger partial charge in [-0.05, 0) is 36.4 Å². The van der Waals surface area contributed by atoms with Gasteiger partial charge in [-0.2, -0.15) is 0 Å². The normalized spacial score (nSPS) is 10.8. The molecule has 0 radical (unpaired) electrons.